The Balaban J connectivity index is 1.79. The van der Waals surface area contributed by atoms with Crippen LogP contribution in [0.15, 0.2) is 16.8 Å². The summed E-state index contributed by atoms with van der Waals surface area (Å²) < 4.78 is 15.2. The fourth-order valence-electron chi connectivity index (χ4n) is 3.90. The Bertz CT molecular complexity index is 1430. The lowest BCUT2D eigenvalue weighted by Gasteiger charge is -2.35. The molecule has 0 bridgehead atoms. The quantitative estimate of drug-likeness (QED) is 0.302. The third-order valence-electron chi connectivity index (χ3n) is 5.64. The predicted molar refractivity (Wildman–Crippen MR) is 148 cm³/mol. The molecule has 0 saturated carbocycles. The molecule has 39 heavy (non-hydrogen) atoms. The Morgan fingerprint density at radius 1 is 1.05 bits per heavy atom. The fourth-order valence-corrected chi connectivity index (χ4v) is 6.91. The Hall–Kier alpha value is -3.23. The summed E-state index contributed by atoms with van der Waals surface area (Å²) in [5, 5.41) is 14.9. The highest BCUT2D eigenvalue weighted by Crippen LogP contribution is 2.48. The standard InChI is InChI=1S/C25H28N4O7S3/c1-24(2,3)36-23(33)29-15(11-39-25(29,4)5)20-26-13(9-38-20)17-12(8-16(30)18(28-17)22(32)35-7)19-27-14(10-37-19)21(31)34-6/h8-10,15,30H,11H2,1-7H3/t15-/m0/s1. The highest BCUT2D eigenvalue weighted by Gasteiger charge is 2.47. The van der Waals surface area contributed by atoms with Crippen molar-refractivity contribution < 1.29 is 33.7 Å². The Labute approximate surface area is 237 Å². The van der Waals surface area contributed by atoms with Gasteiger partial charge >= 0.3 is 18.0 Å². The number of rotatable bonds is 5. The van der Waals surface area contributed by atoms with E-state index in [-0.39, 0.29) is 23.1 Å². The summed E-state index contributed by atoms with van der Waals surface area (Å²) in [5.41, 5.74) is 0.173. The molecule has 0 spiro atoms. The van der Waals surface area contributed by atoms with Gasteiger partial charge in [-0.2, -0.15) is 0 Å². The Kier molecular flexibility index (Phi) is 7.92. The summed E-state index contributed by atoms with van der Waals surface area (Å²) in [6, 6.07) is 0.986. The lowest BCUT2D eigenvalue weighted by molar-refractivity contribution is 0.00946. The molecule has 0 unspecified atom stereocenters. The number of thiazole rings is 2. The van der Waals surface area contributed by atoms with Gasteiger partial charge in [0.25, 0.3) is 0 Å². The molecule has 0 aromatic carbocycles. The molecule has 1 amide bonds. The Morgan fingerprint density at radius 2 is 1.74 bits per heavy atom. The number of esters is 2. The molecule has 4 rings (SSSR count). The number of ether oxygens (including phenoxy) is 3. The van der Waals surface area contributed by atoms with Gasteiger partial charge in [0.2, 0.25) is 0 Å². The molecule has 1 atom stereocenters. The third-order valence-corrected chi connectivity index (χ3v) is 8.84. The SMILES string of the molecule is COC(=O)c1csc(-c2cc(O)c(C(=O)OC)nc2-c2csc([C@@H]3CSC(C)(C)N3C(=O)OC(C)(C)C)n2)n1. The molecule has 14 heteroatoms. The number of pyridine rings is 1. The van der Waals surface area contributed by atoms with Crippen LogP contribution in [0, 0.1) is 0 Å². The van der Waals surface area contributed by atoms with Crippen LogP contribution in [-0.2, 0) is 14.2 Å². The summed E-state index contributed by atoms with van der Waals surface area (Å²) >= 11 is 4.11. The molecule has 1 fully saturated rings. The minimum atomic E-state index is -0.824. The van der Waals surface area contributed by atoms with Crippen molar-refractivity contribution in [2.75, 3.05) is 20.0 Å². The predicted octanol–water partition coefficient (Wildman–Crippen LogP) is 5.37. The fraction of sp³-hybridized carbons (Fsp3) is 0.440. The van der Waals surface area contributed by atoms with E-state index in [9.17, 15) is 19.5 Å². The number of thioether (sulfide) groups is 1. The maximum Gasteiger partial charge on any atom is 0.412 e. The highest BCUT2D eigenvalue weighted by molar-refractivity contribution is 8.00. The van der Waals surface area contributed by atoms with E-state index in [0.29, 0.717) is 27.0 Å². The van der Waals surface area contributed by atoms with Gasteiger partial charge in [0.05, 0.1) is 25.1 Å². The average Bonchev–Trinajstić information content (AvgIpc) is 3.60. The van der Waals surface area contributed by atoms with Crippen LogP contribution in [-0.4, -0.2) is 73.4 Å². The van der Waals surface area contributed by atoms with Crippen LogP contribution in [0.25, 0.3) is 22.0 Å². The smallest absolute Gasteiger partial charge is 0.412 e. The van der Waals surface area contributed by atoms with Gasteiger partial charge in [-0.15, -0.1) is 34.4 Å². The van der Waals surface area contributed by atoms with E-state index >= 15 is 0 Å². The maximum atomic E-state index is 13.2. The topological polar surface area (TPSA) is 141 Å². The minimum Gasteiger partial charge on any atom is -0.505 e. The molecular formula is C25H28N4O7S3. The number of carbonyl (C=O) groups excluding carboxylic acids is 3. The molecule has 3 aromatic heterocycles. The highest BCUT2D eigenvalue weighted by atomic mass is 32.2. The van der Waals surface area contributed by atoms with Gasteiger partial charge in [-0.1, -0.05) is 0 Å². The van der Waals surface area contributed by atoms with E-state index in [4.69, 9.17) is 19.2 Å². The lowest BCUT2D eigenvalue weighted by Crippen LogP contribution is -2.45. The second-order valence-electron chi connectivity index (χ2n) is 9.97. The zero-order chi connectivity index (χ0) is 28.7. The van der Waals surface area contributed by atoms with Crippen LogP contribution >= 0.6 is 34.4 Å². The first-order chi connectivity index (χ1) is 18.3. The maximum absolute atomic E-state index is 13.2. The molecule has 1 aliphatic rings. The molecule has 1 aliphatic heterocycles. The second kappa shape index (κ2) is 10.7. The van der Waals surface area contributed by atoms with E-state index in [1.807, 2.05) is 34.6 Å². The van der Waals surface area contributed by atoms with Gasteiger partial charge in [-0.25, -0.2) is 29.3 Å². The van der Waals surface area contributed by atoms with E-state index in [2.05, 4.69) is 9.97 Å². The summed E-state index contributed by atoms with van der Waals surface area (Å²) in [6.07, 6.45) is -0.436. The van der Waals surface area contributed by atoms with Crippen molar-refractivity contribution in [1.82, 2.24) is 19.9 Å². The number of methoxy groups -OCH3 is 2. The van der Waals surface area contributed by atoms with Crippen molar-refractivity contribution in [3.8, 4) is 27.7 Å². The average molecular weight is 593 g/mol. The lowest BCUT2D eigenvalue weighted by atomic mass is 10.1. The number of aromatic hydroxyl groups is 1. The van der Waals surface area contributed by atoms with Gasteiger partial charge in [0, 0.05) is 22.1 Å². The number of hydrogen-bond acceptors (Lipinski definition) is 13. The molecule has 0 radical (unpaired) electrons. The first kappa shape index (κ1) is 28.8. The van der Waals surface area contributed by atoms with E-state index in [1.165, 1.54) is 37.0 Å². The first-order valence-corrected chi connectivity index (χ1v) is 14.5. The minimum absolute atomic E-state index is 0.0946. The van der Waals surface area contributed by atoms with Crippen LogP contribution < -0.4 is 0 Å². The largest absolute Gasteiger partial charge is 0.505 e. The molecule has 3 aromatic rings. The zero-order valence-electron chi connectivity index (χ0n) is 22.4. The van der Waals surface area contributed by atoms with Gasteiger partial charge in [0.1, 0.15) is 32.8 Å². The van der Waals surface area contributed by atoms with Crippen LogP contribution in [0.3, 0.4) is 0 Å². The molecule has 208 valence electrons. The molecule has 1 saturated heterocycles. The number of aromatic nitrogens is 3. The van der Waals surface area contributed by atoms with Crippen LogP contribution in [0.2, 0.25) is 0 Å². The monoisotopic (exact) mass is 592 g/mol. The molecular weight excluding hydrogens is 564 g/mol. The van der Waals surface area contributed by atoms with Crippen LogP contribution in [0.4, 0.5) is 4.79 Å². The normalized spacial score (nSPS) is 16.7. The van der Waals surface area contributed by atoms with Crippen molar-refractivity contribution in [3.63, 3.8) is 0 Å². The molecule has 4 heterocycles. The van der Waals surface area contributed by atoms with Crippen molar-refractivity contribution in [1.29, 1.82) is 0 Å². The summed E-state index contributed by atoms with van der Waals surface area (Å²) in [6.45, 7) is 9.37. The van der Waals surface area contributed by atoms with E-state index in [1.54, 1.807) is 22.0 Å². The van der Waals surface area contributed by atoms with E-state index < -0.39 is 34.3 Å². The number of amides is 1. The van der Waals surface area contributed by atoms with E-state index in [0.717, 1.165) is 11.3 Å². The summed E-state index contributed by atoms with van der Waals surface area (Å²) in [7, 11) is 2.44. The van der Waals surface area contributed by atoms with Crippen molar-refractivity contribution in [2.45, 2.75) is 51.1 Å². The summed E-state index contributed by atoms with van der Waals surface area (Å²) in [4.78, 5) is 52.2. The molecule has 11 nitrogen and oxygen atoms in total. The third kappa shape index (κ3) is 5.87. The van der Waals surface area contributed by atoms with Gasteiger partial charge in [-0.05, 0) is 40.7 Å². The summed E-state index contributed by atoms with van der Waals surface area (Å²) in [5.74, 6) is -1.23. The zero-order valence-corrected chi connectivity index (χ0v) is 24.9. The number of hydrogen-bond donors (Lipinski definition) is 1. The molecule has 0 aliphatic carbocycles. The van der Waals surface area contributed by atoms with Gasteiger partial charge < -0.3 is 19.3 Å². The second-order valence-corrected chi connectivity index (χ2v) is 13.3. The van der Waals surface area contributed by atoms with Gasteiger partial charge in [0.15, 0.2) is 11.4 Å². The van der Waals surface area contributed by atoms with Crippen LogP contribution in [0.1, 0.15) is 66.6 Å². The van der Waals surface area contributed by atoms with Crippen LogP contribution in [0.5, 0.6) is 5.75 Å². The number of carbonyl (C=O) groups is 3. The van der Waals surface area contributed by atoms with Gasteiger partial charge in [-0.3, -0.25) is 4.90 Å². The van der Waals surface area contributed by atoms with Crippen molar-refractivity contribution in [2.24, 2.45) is 0 Å². The first-order valence-electron chi connectivity index (χ1n) is 11.7. The van der Waals surface area contributed by atoms with Crippen molar-refractivity contribution >= 4 is 52.5 Å². The number of nitrogens with zero attached hydrogens (tertiary/aromatic N) is 4. The van der Waals surface area contributed by atoms with Crippen molar-refractivity contribution in [3.05, 3.63) is 33.2 Å². The Morgan fingerprint density at radius 3 is 2.38 bits per heavy atom. The molecule has 1 N–H and O–H groups in total.